The van der Waals surface area contributed by atoms with E-state index in [0.29, 0.717) is 19.6 Å². The van der Waals surface area contributed by atoms with E-state index in [-0.39, 0.29) is 11.8 Å². The number of amides is 1. The molecular weight excluding hydrogens is 438 g/mol. The number of carbonyl (C=O) groups excluding carboxylic acids is 1. The fourth-order valence-electron chi connectivity index (χ4n) is 4.73. The number of benzene rings is 3. The van der Waals surface area contributed by atoms with Crippen LogP contribution in [0, 0.1) is 6.92 Å². The molecule has 0 aliphatic carbocycles. The largest absolute Gasteiger partial charge is 0.497 e. The maximum Gasteiger partial charge on any atom is 0.227 e. The van der Waals surface area contributed by atoms with Crippen LogP contribution in [0.1, 0.15) is 36.6 Å². The van der Waals surface area contributed by atoms with Gasteiger partial charge < -0.3 is 18.9 Å². The molecule has 1 aromatic heterocycles. The Hall–Kier alpha value is -3.80. The summed E-state index contributed by atoms with van der Waals surface area (Å²) in [6.45, 7) is 4.23. The zero-order valence-corrected chi connectivity index (χ0v) is 20.3. The summed E-state index contributed by atoms with van der Waals surface area (Å²) in [7, 11) is 1.64. The van der Waals surface area contributed by atoms with Crippen molar-refractivity contribution in [3.8, 4) is 11.5 Å². The van der Waals surface area contributed by atoms with Crippen molar-refractivity contribution in [2.24, 2.45) is 0 Å². The fourth-order valence-corrected chi connectivity index (χ4v) is 4.73. The number of unbranched alkanes of at least 4 members (excludes halogenated alkanes) is 1. The van der Waals surface area contributed by atoms with Gasteiger partial charge in [0, 0.05) is 31.1 Å². The minimum Gasteiger partial charge on any atom is -0.497 e. The highest BCUT2D eigenvalue weighted by atomic mass is 16.5. The van der Waals surface area contributed by atoms with E-state index >= 15 is 0 Å². The van der Waals surface area contributed by atoms with Crippen LogP contribution in [0.3, 0.4) is 0 Å². The Morgan fingerprint density at radius 2 is 1.69 bits per heavy atom. The number of aryl methyl sites for hydroxylation is 2. The normalized spacial score (nSPS) is 15.7. The number of carbonyl (C=O) groups is 1. The van der Waals surface area contributed by atoms with Gasteiger partial charge in [0.1, 0.15) is 17.3 Å². The smallest absolute Gasteiger partial charge is 0.227 e. The summed E-state index contributed by atoms with van der Waals surface area (Å²) in [4.78, 5) is 19.8. The summed E-state index contributed by atoms with van der Waals surface area (Å²) >= 11 is 0. The number of imidazole rings is 1. The zero-order valence-electron chi connectivity index (χ0n) is 20.3. The first-order chi connectivity index (χ1) is 17.1. The number of fused-ring (bicyclic) bond motifs is 1. The standard InChI is InChI=1S/C29H31N3O3/c1-21-9-13-25(14-10-21)35-18-6-5-17-31-27-8-4-3-7-26(27)30-29(31)22-19-28(33)32(20-22)23-11-15-24(34-2)16-12-23/h3-4,7-16,22H,5-6,17-20H2,1-2H3. The lowest BCUT2D eigenvalue weighted by atomic mass is 10.1. The second-order valence-corrected chi connectivity index (χ2v) is 9.08. The molecule has 1 saturated heterocycles. The van der Waals surface area contributed by atoms with Crippen LogP contribution in [0.5, 0.6) is 11.5 Å². The van der Waals surface area contributed by atoms with Crippen LogP contribution in [-0.4, -0.2) is 35.7 Å². The lowest BCUT2D eigenvalue weighted by Crippen LogP contribution is -2.24. The lowest BCUT2D eigenvalue weighted by Gasteiger charge is -2.18. The Kier molecular flexibility index (Phi) is 6.70. The Morgan fingerprint density at radius 3 is 2.46 bits per heavy atom. The van der Waals surface area contributed by atoms with Gasteiger partial charge in [-0.15, -0.1) is 0 Å². The Balaban J connectivity index is 1.28. The first-order valence-electron chi connectivity index (χ1n) is 12.2. The van der Waals surface area contributed by atoms with Gasteiger partial charge in [-0.25, -0.2) is 4.98 Å². The van der Waals surface area contributed by atoms with Crippen molar-refractivity contribution >= 4 is 22.6 Å². The molecule has 4 aromatic rings. The van der Waals surface area contributed by atoms with Crippen LogP contribution >= 0.6 is 0 Å². The molecule has 2 heterocycles. The molecule has 5 rings (SSSR count). The number of nitrogens with zero attached hydrogens (tertiary/aromatic N) is 3. The van der Waals surface area contributed by atoms with Gasteiger partial charge in [0.2, 0.25) is 5.91 Å². The molecule has 1 aliphatic heterocycles. The van der Waals surface area contributed by atoms with Crippen molar-refractivity contribution in [3.05, 3.63) is 84.2 Å². The van der Waals surface area contributed by atoms with E-state index in [1.807, 2.05) is 59.5 Å². The van der Waals surface area contributed by atoms with Crippen molar-refractivity contribution in [3.63, 3.8) is 0 Å². The number of ether oxygens (including phenoxy) is 2. The van der Waals surface area contributed by atoms with Crippen LogP contribution in [0.2, 0.25) is 0 Å². The first-order valence-corrected chi connectivity index (χ1v) is 12.2. The molecule has 1 atom stereocenters. The van der Waals surface area contributed by atoms with Gasteiger partial charge in [0.15, 0.2) is 0 Å². The van der Waals surface area contributed by atoms with Crippen molar-refractivity contribution in [2.75, 3.05) is 25.2 Å². The molecule has 0 N–H and O–H groups in total. The van der Waals surface area contributed by atoms with E-state index in [9.17, 15) is 4.79 Å². The molecule has 1 amide bonds. The lowest BCUT2D eigenvalue weighted by molar-refractivity contribution is -0.117. The maximum atomic E-state index is 12.9. The van der Waals surface area contributed by atoms with Crippen LogP contribution in [-0.2, 0) is 11.3 Å². The predicted octanol–water partition coefficient (Wildman–Crippen LogP) is 5.73. The number of anilines is 1. The van der Waals surface area contributed by atoms with Gasteiger partial charge in [0.25, 0.3) is 0 Å². The third kappa shape index (κ3) is 5.02. The summed E-state index contributed by atoms with van der Waals surface area (Å²) < 4.78 is 13.5. The van der Waals surface area contributed by atoms with E-state index in [4.69, 9.17) is 14.5 Å². The molecular formula is C29H31N3O3. The number of rotatable bonds is 9. The number of hydrogen-bond donors (Lipinski definition) is 0. The Morgan fingerprint density at radius 1 is 0.943 bits per heavy atom. The van der Waals surface area contributed by atoms with Gasteiger partial charge in [-0.1, -0.05) is 29.8 Å². The molecule has 1 unspecified atom stereocenters. The minimum atomic E-state index is 0.0563. The second kappa shape index (κ2) is 10.2. The number of hydrogen-bond acceptors (Lipinski definition) is 4. The molecule has 180 valence electrons. The van der Waals surface area contributed by atoms with E-state index in [1.165, 1.54) is 5.56 Å². The fraction of sp³-hybridized carbons (Fsp3) is 0.310. The van der Waals surface area contributed by atoms with E-state index in [0.717, 1.165) is 53.4 Å². The predicted molar refractivity (Wildman–Crippen MR) is 138 cm³/mol. The number of para-hydroxylation sites is 2. The zero-order chi connectivity index (χ0) is 24.2. The van der Waals surface area contributed by atoms with Gasteiger partial charge in [0.05, 0.1) is 24.8 Å². The van der Waals surface area contributed by atoms with Crippen molar-refractivity contribution in [1.82, 2.24) is 9.55 Å². The SMILES string of the molecule is COc1ccc(N2CC(c3nc4ccccc4n3CCCCOc3ccc(C)cc3)CC2=O)cc1. The van der Waals surface area contributed by atoms with Crippen LogP contribution in [0.4, 0.5) is 5.69 Å². The highest BCUT2D eigenvalue weighted by Gasteiger charge is 2.34. The highest BCUT2D eigenvalue weighted by molar-refractivity contribution is 5.96. The molecule has 1 fully saturated rings. The minimum absolute atomic E-state index is 0.0563. The molecule has 0 saturated carbocycles. The average molecular weight is 470 g/mol. The van der Waals surface area contributed by atoms with E-state index in [2.05, 4.69) is 29.7 Å². The number of aromatic nitrogens is 2. The third-order valence-electron chi connectivity index (χ3n) is 6.62. The summed E-state index contributed by atoms with van der Waals surface area (Å²) in [5.74, 6) is 2.87. The summed E-state index contributed by atoms with van der Waals surface area (Å²) in [6, 6.07) is 24.1. The Labute approximate surface area is 206 Å². The molecule has 3 aromatic carbocycles. The molecule has 0 bridgehead atoms. The molecule has 1 aliphatic rings. The van der Waals surface area contributed by atoms with E-state index in [1.54, 1.807) is 7.11 Å². The first kappa shape index (κ1) is 23.0. The quantitative estimate of drug-likeness (QED) is 0.294. The highest BCUT2D eigenvalue weighted by Crippen LogP contribution is 2.34. The average Bonchev–Trinajstić information content (AvgIpc) is 3.45. The van der Waals surface area contributed by atoms with Crippen molar-refractivity contribution in [2.45, 2.75) is 38.6 Å². The van der Waals surface area contributed by atoms with Gasteiger partial charge >= 0.3 is 0 Å². The van der Waals surface area contributed by atoms with Crippen molar-refractivity contribution < 1.29 is 14.3 Å². The van der Waals surface area contributed by atoms with Gasteiger partial charge in [-0.3, -0.25) is 4.79 Å². The molecule has 35 heavy (non-hydrogen) atoms. The molecule has 0 radical (unpaired) electrons. The van der Waals surface area contributed by atoms with Crippen LogP contribution in [0.15, 0.2) is 72.8 Å². The molecule has 6 nitrogen and oxygen atoms in total. The third-order valence-corrected chi connectivity index (χ3v) is 6.62. The van der Waals surface area contributed by atoms with E-state index < -0.39 is 0 Å². The topological polar surface area (TPSA) is 56.6 Å². The molecule has 0 spiro atoms. The molecule has 6 heteroatoms. The summed E-state index contributed by atoms with van der Waals surface area (Å²) in [5.41, 5.74) is 4.23. The number of methoxy groups -OCH3 is 1. The van der Waals surface area contributed by atoms with Gasteiger partial charge in [-0.2, -0.15) is 0 Å². The Bertz CT molecular complexity index is 1300. The van der Waals surface area contributed by atoms with Gasteiger partial charge in [-0.05, 0) is 68.3 Å². The van der Waals surface area contributed by atoms with Crippen molar-refractivity contribution in [1.29, 1.82) is 0 Å². The summed E-state index contributed by atoms with van der Waals surface area (Å²) in [5, 5.41) is 0. The second-order valence-electron chi connectivity index (χ2n) is 9.08. The maximum absolute atomic E-state index is 12.9. The van der Waals surface area contributed by atoms with Crippen LogP contribution in [0.25, 0.3) is 11.0 Å². The monoisotopic (exact) mass is 469 g/mol. The summed E-state index contributed by atoms with van der Waals surface area (Å²) in [6.07, 6.45) is 2.38. The van der Waals surface area contributed by atoms with Crippen LogP contribution < -0.4 is 14.4 Å².